The highest BCUT2D eigenvalue weighted by molar-refractivity contribution is 5.77. The summed E-state index contributed by atoms with van der Waals surface area (Å²) in [6.07, 6.45) is 4.91. The molecule has 1 amide bonds. The smallest absolute Gasteiger partial charge is 0.223 e. The monoisotopic (exact) mass is 289 g/mol. The minimum absolute atomic E-state index is 0.201. The molecule has 0 radical (unpaired) electrons. The number of carbonyl (C=O) groups is 1. The van der Waals surface area contributed by atoms with Crippen LogP contribution in [0.1, 0.15) is 12.0 Å². The highest BCUT2D eigenvalue weighted by Gasteiger charge is 2.34. The number of hydrogen-bond donors (Lipinski definition) is 0. The van der Waals surface area contributed by atoms with Gasteiger partial charge in [0.2, 0.25) is 5.91 Å². The Morgan fingerprint density at radius 1 is 1.29 bits per heavy atom. The van der Waals surface area contributed by atoms with Gasteiger partial charge in [0.1, 0.15) is 0 Å². The van der Waals surface area contributed by atoms with E-state index in [0.717, 1.165) is 32.7 Å². The van der Waals surface area contributed by atoms with Gasteiger partial charge in [-0.2, -0.15) is 0 Å². The van der Waals surface area contributed by atoms with Crippen molar-refractivity contribution < 1.29 is 9.53 Å². The van der Waals surface area contributed by atoms with Gasteiger partial charge in [0.25, 0.3) is 0 Å². The molecule has 1 aromatic heterocycles. The average molecular weight is 289 g/mol. The zero-order valence-corrected chi connectivity index (χ0v) is 12.6. The molecular formula is C16H23N3O2. The summed E-state index contributed by atoms with van der Waals surface area (Å²) in [6.45, 7) is 4.21. The summed E-state index contributed by atoms with van der Waals surface area (Å²) in [4.78, 5) is 21.0. The summed E-state index contributed by atoms with van der Waals surface area (Å²) in [5, 5.41) is 0. The van der Waals surface area contributed by atoms with Crippen molar-refractivity contribution in [1.29, 1.82) is 0 Å². The Bertz CT molecular complexity index is 480. The van der Waals surface area contributed by atoms with Gasteiger partial charge in [-0.05, 0) is 31.2 Å². The number of likely N-dealkylation sites (N-methyl/N-ethyl adjacent to an activating group) is 1. The van der Waals surface area contributed by atoms with Crippen LogP contribution in [0.25, 0.3) is 0 Å². The van der Waals surface area contributed by atoms with Gasteiger partial charge in [-0.25, -0.2) is 0 Å². The van der Waals surface area contributed by atoms with Gasteiger partial charge in [0, 0.05) is 44.4 Å². The van der Waals surface area contributed by atoms with Gasteiger partial charge in [0.05, 0.1) is 19.3 Å². The van der Waals surface area contributed by atoms with Crippen LogP contribution in [-0.2, 0) is 16.0 Å². The molecule has 1 aromatic rings. The predicted molar refractivity (Wildman–Crippen MR) is 79.9 cm³/mol. The van der Waals surface area contributed by atoms with Crippen molar-refractivity contribution in [2.24, 2.45) is 5.92 Å². The van der Waals surface area contributed by atoms with Crippen molar-refractivity contribution in [1.82, 2.24) is 14.8 Å². The summed E-state index contributed by atoms with van der Waals surface area (Å²) in [5.41, 5.74) is 1.17. The molecule has 0 N–H and O–H groups in total. The molecule has 2 aliphatic heterocycles. The van der Waals surface area contributed by atoms with Gasteiger partial charge in [-0.1, -0.05) is 0 Å². The number of nitrogens with zero attached hydrogens (tertiary/aromatic N) is 3. The number of pyridine rings is 1. The van der Waals surface area contributed by atoms with Crippen LogP contribution in [0.2, 0.25) is 0 Å². The number of carbonyl (C=O) groups excluding carboxylic acids is 1. The summed E-state index contributed by atoms with van der Waals surface area (Å²) in [5.74, 6) is 0.690. The lowest BCUT2D eigenvalue weighted by atomic mass is 10.1. The van der Waals surface area contributed by atoms with Crippen molar-refractivity contribution >= 4 is 5.91 Å². The van der Waals surface area contributed by atoms with E-state index >= 15 is 0 Å². The van der Waals surface area contributed by atoms with Crippen LogP contribution < -0.4 is 0 Å². The number of amides is 1. The second-order valence-corrected chi connectivity index (χ2v) is 6.18. The summed E-state index contributed by atoms with van der Waals surface area (Å²) in [6, 6.07) is 4.16. The van der Waals surface area contributed by atoms with Gasteiger partial charge in [-0.3, -0.25) is 9.78 Å². The van der Waals surface area contributed by atoms with E-state index in [-0.39, 0.29) is 11.9 Å². The molecule has 5 heteroatoms. The van der Waals surface area contributed by atoms with E-state index in [1.165, 1.54) is 5.56 Å². The van der Waals surface area contributed by atoms with Gasteiger partial charge in [-0.15, -0.1) is 0 Å². The zero-order chi connectivity index (χ0) is 14.7. The summed E-state index contributed by atoms with van der Waals surface area (Å²) < 4.78 is 5.72. The Morgan fingerprint density at radius 3 is 2.90 bits per heavy atom. The van der Waals surface area contributed by atoms with E-state index in [2.05, 4.69) is 21.8 Å². The molecule has 0 unspecified atom stereocenters. The third kappa shape index (κ3) is 3.60. The SMILES string of the molecule is CN1C[C@@H]2COC[C@H](C1)N(C(=O)CCc1ccncc1)C2. The van der Waals surface area contributed by atoms with Crippen molar-refractivity contribution in [2.75, 3.05) is 39.9 Å². The van der Waals surface area contributed by atoms with E-state index in [1.807, 2.05) is 12.1 Å². The number of aromatic nitrogens is 1. The molecule has 0 saturated carbocycles. The topological polar surface area (TPSA) is 45.7 Å². The fourth-order valence-corrected chi connectivity index (χ4v) is 3.33. The Balaban J connectivity index is 1.63. The first-order chi connectivity index (χ1) is 10.2. The molecule has 0 aliphatic carbocycles. The van der Waals surface area contributed by atoms with Crippen LogP contribution in [0.3, 0.4) is 0 Å². The maximum Gasteiger partial charge on any atom is 0.223 e. The predicted octanol–water partition coefficient (Wildman–Crippen LogP) is 0.803. The van der Waals surface area contributed by atoms with Crippen LogP contribution in [-0.4, -0.2) is 66.6 Å². The van der Waals surface area contributed by atoms with E-state index in [9.17, 15) is 4.79 Å². The second kappa shape index (κ2) is 6.54. The van der Waals surface area contributed by atoms with E-state index < -0.39 is 0 Å². The van der Waals surface area contributed by atoms with Crippen molar-refractivity contribution in [3.05, 3.63) is 30.1 Å². The van der Waals surface area contributed by atoms with E-state index in [1.54, 1.807) is 12.4 Å². The fourth-order valence-electron chi connectivity index (χ4n) is 3.33. The Morgan fingerprint density at radius 2 is 2.10 bits per heavy atom. The Kier molecular flexibility index (Phi) is 4.51. The lowest BCUT2D eigenvalue weighted by Gasteiger charge is -2.29. The molecular weight excluding hydrogens is 266 g/mol. The molecule has 114 valence electrons. The number of aryl methyl sites for hydroxylation is 1. The molecule has 0 aromatic carbocycles. The molecule has 2 fully saturated rings. The number of ether oxygens (including phenoxy) is 1. The van der Waals surface area contributed by atoms with Gasteiger partial charge < -0.3 is 14.5 Å². The molecule has 21 heavy (non-hydrogen) atoms. The van der Waals surface area contributed by atoms with Gasteiger partial charge in [0.15, 0.2) is 0 Å². The van der Waals surface area contributed by atoms with E-state index in [0.29, 0.717) is 18.9 Å². The van der Waals surface area contributed by atoms with E-state index in [4.69, 9.17) is 4.74 Å². The maximum absolute atomic E-state index is 12.6. The molecule has 3 rings (SSSR count). The summed E-state index contributed by atoms with van der Waals surface area (Å²) in [7, 11) is 2.14. The minimum Gasteiger partial charge on any atom is -0.379 e. The lowest BCUT2D eigenvalue weighted by molar-refractivity contribution is -0.133. The highest BCUT2D eigenvalue weighted by Crippen LogP contribution is 2.20. The average Bonchev–Trinajstić information content (AvgIpc) is 2.76. The van der Waals surface area contributed by atoms with Crippen LogP contribution in [0.4, 0.5) is 0 Å². The zero-order valence-electron chi connectivity index (χ0n) is 12.6. The quantitative estimate of drug-likeness (QED) is 0.826. The molecule has 2 atom stereocenters. The first-order valence-corrected chi connectivity index (χ1v) is 7.67. The van der Waals surface area contributed by atoms with Crippen molar-refractivity contribution in [3.8, 4) is 0 Å². The first kappa shape index (κ1) is 14.5. The lowest BCUT2D eigenvalue weighted by Crippen LogP contribution is -2.46. The van der Waals surface area contributed by atoms with Crippen LogP contribution in [0, 0.1) is 5.92 Å². The Labute approximate surface area is 125 Å². The van der Waals surface area contributed by atoms with Crippen molar-refractivity contribution in [2.45, 2.75) is 18.9 Å². The van der Waals surface area contributed by atoms with Crippen LogP contribution >= 0.6 is 0 Å². The first-order valence-electron chi connectivity index (χ1n) is 7.67. The fraction of sp³-hybridized carbons (Fsp3) is 0.625. The number of fused-ring (bicyclic) bond motifs is 3. The highest BCUT2D eigenvalue weighted by atomic mass is 16.5. The summed E-state index contributed by atoms with van der Waals surface area (Å²) >= 11 is 0. The maximum atomic E-state index is 12.6. The molecule has 5 nitrogen and oxygen atoms in total. The van der Waals surface area contributed by atoms with Crippen molar-refractivity contribution in [3.63, 3.8) is 0 Å². The third-order valence-electron chi connectivity index (χ3n) is 4.35. The third-order valence-corrected chi connectivity index (χ3v) is 4.35. The Hall–Kier alpha value is -1.46. The number of hydrogen-bond acceptors (Lipinski definition) is 4. The molecule has 3 heterocycles. The normalized spacial score (nSPS) is 26.4. The minimum atomic E-state index is 0.201. The number of rotatable bonds is 3. The molecule has 2 aliphatic rings. The van der Waals surface area contributed by atoms with Gasteiger partial charge >= 0.3 is 0 Å². The standard InChI is InChI=1S/C16H23N3O2/c1-18-8-14-9-19(15(10-18)12-21-11-14)16(20)3-2-13-4-6-17-7-5-13/h4-7,14-15H,2-3,8-12H2,1H3/t14-,15-/m0/s1. The molecule has 0 spiro atoms. The van der Waals surface area contributed by atoms with Crippen LogP contribution in [0.15, 0.2) is 24.5 Å². The largest absolute Gasteiger partial charge is 0.379 e. The molecule has 2 saturated heterocycles. The second-order valence-electron chi connectivity index (χ2n) is 6.18. The van der Waals surface area contributed by atoms with Crippen LogP contribution in [0.5, 0.6) is 0 Å². The molecule has 2 bridgehead atoms.